The lowest BCUT2D eigenvalue weighted by molar-refractivity contribution is 0.0267. The highest BCUT2D eigenvalue weighted by atomic mass is 35.5. The summed E-state index contributed by atoms with van der Waals surface area (Å²) in [6.07, 6.45) is 0.896. The van der Waals surface area contributed by atoms with Crippen LogP contribution in [0, 0.1) is 6.92 Å². The molecule has 9 nitrogen and oxygen atoms in total. The number of hydrogen-bond donors (Lipinski definition) is 0. The minimum absolute atomic E-state index is 0.0447. The number of amides is 1. The van der Waals surface area contributed by atoms with Gasteiger partial charge in [-0.3, -0.25) is 0 Å². The Hall–Kier alpha value is -1.35. The van der Waals surface area contributed by atoms with Crippen molar-refractivity contribution in [1.29, 1.82) is 0 Å². The fraction of sp³-hybridized carbons (Fsp3) is 0.387. The second-order valence-corrected chi connectivity index (χ2v) is 18.2. The lowest BCUT2D eigenvalue weighted by atomic mass is 9.89. The number of ether oxygens (including phenoxy) is 1. The molecular formula is C31H30Cl6N3O6S2+. The predicted molar refractivity (Wildman–Crippen MR) is 190 cm³/mol. The third-order valence-electron chi connectivity index (χ3n) is 9.58. The molecule has 0 unspecified atom stereocenters. The standard InChI is InChI=1S/C31H30Cl6N3O6S2/c1-18-3-2-4-19-17-46-31(41)40(30(18)19,20-9-13-38(14-10-20)47(42,43)24-7-5-22(32)26(34)28(24)36)21-11-15-39(16-12-21)48(44,45)25-8-6-23(33)27(35)29(25)37/h2-8,20-21H,9-17H2,1H3/q+1. The third kappa shape index (κ3) is 5.94. The maximum absolute atomic E-state index is 14.3. The van der Waals surface area contributed by atoms with Gasteiger partial charge in [-0.05, 0) is 37.3 Å². The number of nitrogens with zero attached hydrogens (tertiary/aromatic N) is 3. The number of rotatable bonds is 6. The van der Waals surface area contributed by atoms with Crippen LogP contribution < -0.4 is 4.48 Å². The summed E-state index contributed by atoms with van der Waals surface area (Å²) in [6, 6.07) is 10.5. The maximum atomic E-state index is 14.3. The van der Waals surface area contributed by atoms with Crippen molar-refractivity contribution in [1.82, 2.24) is 13.1 Å². The van der Waals surface area contributed by atoms with Crippen LogP contribution in [0.2, 0.25) is 30.1 Å². The molecule has 3 heterocycles. The average molecular weight is 817 g/mol. The van der Waals surface area contributed by atoms with Gasteiger partial charge in [0.15, 0.2) is 5.69 Å². The molecule has 0 radical (unpaired) electrons. The number of para-hydroxylation sites is 1. The molecule has 0 bridgehead atoms. The number of fused-ring (bicyclic) bond motifs is 1. The smallest absolute Gasteiger partial charge is 0.415 e. The molecule has 1 amide bonds. The predicted octanol–water partition coefficient (Wildman–Crippen LogP) is 8.58. The summed E-state index contributed by atoms with van der Waals surface area (Å²) in [7, 11) is -8.08. The van der Waals surface area contributed by atoms with Crippen molar-refractivity contribution in [2.24, 2.45) is 0 Å². The van der Waals surface area contributed by atoms with Gasteiger partial charge in [0.2, 0.25) is 20.0 Å². The molecule has 0 N–H and O–H groups in total. The number of hydrogen-bond acceptors (Lipinski definition) is 6. The first-order valence-corrected chi connectivity index (χ1v) is 20.2. The second-order valence-electron chi connectivity index (χ2n) is 12.0. The van der Waals surface area contributed by atoms with Gasteiger partial charge < -0.3 is 4.74 Å². The van der Waals surface area contributed by atoms with Crippen LogP contribution in [0.4, 0.5) is 10.5 Å². The maximum Gasteiger partial charge on any atom is 0.522 e. The highest BCUT2D eigenvalue weighted by molar-refractivity contribution is 7.89. The van der Waals surface area contributed by atoms with Gasteiger partial charge in [0.25, 0.3) is 0 Å². The van der Waals surface area contributed by atoms with E-state index >= 15 is 0 Å². The Balaban J connectivity index is 1.32. The summed E-state index contributed by atoms with van der Waals surface area (Å²) in [6.45, 7) is 2.51. The molecule has 2 fully saturated rings. The van der Waals surface area contributed by atoms with Crippen molar-refractivity contribution in [2.45, 2.75) is 61.1 Å². The molecule has 6 rings (SSSR count). The summed E-state index contributed by atoms with van der Waals surface area (Å²) < 4.78 is 63.3. The minimum Gasteiger partial charge on any atom is -0.415 e. The number of cyclic esters (lactones) is 1. The monoisotopic (exact) mass is 814 g/mol. The molecule has 17 heteroatoms. The number of aryl methyl sites for hydroxylation is 1. The van der Waals surface area contributed by atoms with E-state index in [4.69, 9.17) is 74.3 Å². The van der Waals surface area contributed by atoms with Crippen molar-refractivity contribution < 1.29 is 26.4 Å². The van der Waals surface area contributed by atoms with Crippen LogP contribution in [0.5, 0.6) is 0 Å². The molecule has 0 saturated carbocycles. The van der Waals surface area contributed by atoms with Crippen molar-refractivity contribution in [3.8, 4) is 0 Å². The molecule has 0 aliphatic carbocycles. The first-order chi connectivity index (χ1) is 22.6. The fourth-order valence-electron chi connectivity index (χ4n) is 7.34. The molecule has 3 aromatic carbocycles. The van der Waals surface area contributed by atoms with E-state index < -0.39 is 26.1 Å². The molecule has 48 heavy (non-hydrogen) atoms. The highest BCUT2D eigenvalue weighted by Crippen LogP contribution is 2.47. The largest absolute Gasteiger partial charge is 0.522 e. The van der Waals surface area contributed by atoms with E-state index in [-0.39, 0.29) is 89.3 Å². The first kappa shape index (κ1) is 36.4. The highest BCUT2D eigenvalue weighted by Gasteiger charge is 2.59. The molecule has 3 aromatic rings. The summed E-state index contributed by atoms with van der Waals surface area (Å²) in [5.41, 5.74) is 2.60. The summed E-state index contributed by atoms with van der Waals surface area (Å²) in [4.78, 5) is 14.0. The van der Waals surface area contributed by atoms with E-state index in [2.05, 4.69) is 0 Å². The number of benzene rings is 3. The lowest BCUT2D eigenvalue weighted by Crippen LogP contribution is -2.71. The van der Waals surface area contributed by atoms with Gasteiger partial charge in [-0.15, -0.1) is 0 Å². The van der Waals surface area contributed by atoms with Gasteiger partial charge >= 0.3 is 6.09 Å². The molecular weight excluding hydrogens is 787 g/mol. The number of carbonyl (C=O) groups excluding carboxylic acids is 1. The van der Waals surface area contributed by atoms with E-state index in [9.17, 15) is 21.6 Å². The molecule has 0 atom stereocenters. The van der Waals surface area contributed by atoms with Crippen molar-refractivity contribution in [3.63, 3.8) is 0 Å². The van der Waals surface area contributed by atoms with Crippen LogP contribution in [-0.2, 0) is 31.4 Å². The van der Waals surface area contributed by atoms with Crippen LogP contribution in [0.15, 0.2) is 52.3 Å². The van der Waals surface area contributed by atoms with Gasteiger partial charge in [0.1, 0.15) is 28.5 Å². The Morgan fingerprint density at radius 2 is 1.10 bits per heavy atom. The molecule has 0 spiro atoms. The van der Waals surface area contributed by atoms with Crippen LogP contribution in [-0.4, -0.2) is 69.8 Å². The van der Waals surface area contributed by atoms with E-state index in [1.807, 2.05) is 25.1 Å². The number of carbonyl (C=O) groups is 1. The van der Waals surface area contributed by atoms with Gasteiger partial charge in [-0.2, -0.15) is 17.9 Å². The average Bonchev–Trinajstić information content (AvgIpc) is 3.06. The van der Waals surface area contributed by atoms with Gasteiger partial charge in [0, 0.05) is 57.4 Å². The van der Waals surface area contributed by atoms with E-state index in [0.717, 1.165) is 16.8 Å². The number of piperidine rings is 2. The Bertz CT molecular complexity index is 1910. The Morgan fingerprint density at radius 1 is 0.667 bits per heavy atom. The van der Waals surface area contributed by atoms with Gasteiger partial charge in [-0.1, -0.05) is 81.7 Å². The SMILES string of the molecule is Cc1cccc2c1[N+](C1CCN(S(=O)(=O)c3ccc(Cl)c(Cl)c3Cl)CC1)(C1CCN(S(=O)(=O)c3ccc(Cl)c(Cl)c3Cl)CC1)C(=O)OC2. The van der Waals surface area contributed by atoms with Crippen LogP contribution in [0.3, 0.4) is 0 Å². The topological polar surface area (TPSA) is 101 Å². The quantitative estimate of drug-likeness (QED) is 0.183. The van der Waals surface area contributed by atoms with E-state index in [1.54, 1.807) is 0 Å². The summed E-state index contributed by atoms with van der Waals surface area (Å²) >= 11 is 37.1. The fourth-order valence-corrected chi connectivity index (χ4v) is 12.2. The second kappa shape index (κ2) is 13.7. The Morgan fingerprint density at radius 3 is 1.54 bits per heavy atom. The molecule has 3 aliphatic rings. The van der Waals surface area contributed by atoms with Gasteiger partial charge in [-0.25, -0.2) is 16.8 Å². The normalized spacial score (nSPS) is 20.0. The lowest BCUT2D eigenvalue weighted by Gasteiger charge is -2.52. The number of sulfonamides is 2. The van der Waals surface area contributed by atoms with Gasteiger partial charge in [0.05, 0.1) is 35.7 Å². The van der Waals surface area contributed by atoms with Crippen LogP contribution >= 0.6 is 69.6 Å². The van der Waals surface area contributed by atoms with Crippen molar-refractivity contribution in [2.75, 3.05) is 26.2 Å². The van der Waals surface area contributed by atoms with Crippen molar-refractivity contribution in [3.05, 3.63) is 83.7 Å². The first-order valence-electron chi connectivity index (χ1n) is 15.1. The molecule has 2 saturated heterocycles. The molecule has 3 aliphatic heterocycles. The zero-order valence-electron chi connectivity index (χ0n) is 25.4. The Kier molecular flexibility index (Phi) is 10.4. The zero-order valence-corrected chi connectivity index (χ0v) is 31.6. The zero-order chi connectivity index (χ0) is 34.8. The Labute approximate surface area is 309 Å². The van der Waals surface area contributed by atoms with Crippen LogP contribution in [0.1, 0.15) is 36.8 Å². The molecule has 258 valence electrons. The minimum atomic E-state index is -4.04. The van der Waals surface area contributed by atoms with Crippen molar-refractivity contribution >= 4 is 101 Å². The number of halogens is 6. The summed E-state index contributed by atoms with van der Waals surface area (Å²) in [5, 5.41) is -0.108. The number of quaternary nitrogens is 1. The van der Waals surface area contributed by atoms with E-state index in [1.165, 1.54) is 32.9 Å². The molecule has 0 aromatic heterocycles. The third-order valence-corrected chi connectivity index (χ3v) is 16.3. The summed E-state index contributed by atoms with van der Waals surface area (Å²) in [5.74, 6) is 0. The van der Waals surface area contributed by atoms with Crippen LogP contribution in [0.25, 0.3) is 0 Å². The van der Waals surface area contributed by atoms with E-state index in [0.29, 0.717) is 25.7 Å².